The molecule has 0 aliphatic carbocycles. The predicted molar refractivity (Wildman–Crippen MR) is 70.3 cm³/mol. The Morgan fingerprint density at radius 3 is 1.22 bits per heavy atom. The molecule has 0 fully saturated rings. The van der Waals surface area contributed by atoms with E-state index in [1.54, 1.807) is 0 Å². The zero-order valence-electron chi connectivity index (χ0n) is 10.9. The number of hydrogen-bond donors (Lipinski definition) is 4. The van der Waals surface area contributed by atoms with E-state index in [0.717, 1.165) is 38.8 Å². The first-order valence-corrected chi connectivity index (χ1v) is 6.38. The van der Waals surface area contributed by atoms with E-state index in [9.17, 15) is 9.59 Å². The maximum Gasteiger partial charge on any atom is 0.303 e. The van der Waals surface area contributed by atoms with Crippen molar-refractivity contribution in [1.29, 1.82) is 0 Å². The minimum absolute atomic E-state index is 0.188. The lowest BCUT2D eigenvalue weighted by atomic mass is 10.1. The third kappa shape index (κ3) is 24.2. The number of aliphatic carboxylic acids is 2. The highest BCUT2D eigenvalue weighted by molar-refractivity contribution is 5.66. The van der Waals surface area contributed by atoms with Crippen LogP contribution < -0.4 is 11.5 Å². The van der Waals surface area contributed by atoms with Crippen molar-refractivity contribution in [3.8, 4) is 0 Å². The van der Waals surface area contributed by atoms with E-state index < -0.39 is 11.9 Å². The van der Waals surface area contributed by atoms with Gasteiger partial charge >= 0.3 is 11.9 Å². The Morgan fingerprint density at radius 2 is 1.00 bits per heavy atom. The largest absolute Gasteiger partial charge is 0.481 e. The van der Waals surface area contributed by atoms with Crippen LogP contribution in [0, 0.1) is 0 Å². The number of nitrogens with two attached hydrogens (primary N) is 2. The van der Waals surface area contributed by atoms with Gasteiger partial charge in [0.05, 0.1) is 0 Å². The molecule has 0 saturated heterocycles. The summed E-state index contributed by atoms with van der Waals surface area (Å²) in [5, 5.41) is 16.5. The molecule has 0 aromatic heterocycles. The monoisotopic (exact) mass is 262 g/mol. The molecule has 0 aromatic carbocycles. The smallest absolute Gasteiger partial charge is 0.303 e. The van der Waals surface area contributed by atoms with E-state index in [1.807, 2.05) is 0 Å². The van der Waals surface area contributed by atoms with Crippen molar-refractivity contribution in [3.63, 3.8) is 0 Å². The third-order valence-corrected chi connectivity index (χ3v) is 2.19. The highest BCUT2D eigenvalue weighted by Crippen LogP contribution is 2.04. The van der Waals surface area contributed by atoms with E-state index in [0.29, 0.717) is 12.8 Å². The normalized spacial score (nSPS) is 9.44. The van der Waals surface area contributed by atoms with Crippen LogP contribution >= 0.6 is 0 Å². The fourth-order valence-corrected chi connectivity index (χ4v) is 1.19. The Hall–Kier alpha value is -1.14. The van der Waals surface area contributed by atoms with Gasteiger partial charge in [0.25, 0.3) is 0 Å². The van der Waals surface area contributed by atoms with Crippen LogP contribution in [0.25, 0.3) is 0 Å². The molecule has 0 radical (unpaired) electrons. The maximum atomic E-state index is 10.0. The molecule has 18 heavy (non-hydrogen) atoms. The van der Waals surface area contributed by atoms with Crippen LogP contribution in [0.15, 0.2) is 0 Å². The van der Waals surface area contributed by atoms with Crippen molar-refractivity contribution in [2.24, 2.45) is 11.5 Å². The number of hydrogen-bond acceptors (Lipinski definition) is 4. The van der Waals surface area contributed by atoms with Gasteiger partial charge < -0.3 is 21.7 Å². The summed E-state index contributed by atoms with van der Waals surface area (Å²) in [5.41, 5.74) is 10.3. The number of carbonyl (C=O) groups is 2. The molecular weight excluding hydrogens is 236 g/mol. The SMILES string of the molecule is NCCCCN.O=C(O)CCCCCCC(=O)O. The van der Waals surface area contributed by atoms with Gasteiger partial charge in [-0.05, 0) is 38.8 Å². The molecule has 0 bridgehead atoms. The lowest BCUT2D eigenvalue weighted by Gasteiger charge is -1.96. The lowest BCUT2D eigenvalue weighted by molar-refractivity contribution is -0.138. The van der Waals surface area contributed by atoms with Crippen molar-refractivity contribution in [2.75, 3.05) is 13.1 Å². The Kier molecular flexibility index (Phi) is 16.9. The summed E-state index contributed by atoms with van der Waals surface area (Å²) >= 11 is 0. The Balaban J connectivity index is 0. The molecule has 0 saturated carbocycles. The van der Waals surface area contributed by atoms with Crippen LogP contribution in [0.4, 0.5) is 0 Å². The summed E-state index contributed by atoms with van der Waals surface area (Å²) < 4.78 is 0. The van der Waals surface area contributed by atoms with Gasteiger partial charge in [-0.15, -0.1) is 0 Å². The van der Waals surface area contributed by atoms with Crippen molar-refractivity contribution in [1.82, 2.24) is 0 Å². The summed E-state index contributed by atoms with van der Waals surface area (Å²) in [7, 11) is 0. The molecule has 0 aliphatic rings. The first kappa shape index (κ1) is 19.2. The summed E-state index contributed by atoms with van der Waals surface area (Å²) in [5.74, 6) is -1.57. The molecule has 108 valence electrons. The van der Waals surface area contributed by atoms with Crippen LogP contribution in [-0.2, 0) is 9.59 Å². The van der Waals surface area contributed by atoms with Gasteiger partial charge in [-0.1, -0.05) is 12.8 Å². The second-order valence-electron chi connectivity index (χ2n) is 3.99. The van der Waals surface area contributed by atoms with Crippen LogP contribution in [0.3, 0.4) is 0 Å². The molecule has 0 aliphatic heterocycles. The van der Waals surface area contributed by atoms with Crippen molar-refractivity contribution in [3.05, 3.63) is 0 Å². The van der Waals surface area contributed by atoms with Crippen molar-refractivity contribution >= 4 is 11.9 Å². The highest BCUT2D eigenvalue weighted by atomic mass is 16.4. The quantitative estimate of drug-likeness (QED) is 0.438. The minimum atomic E-state index is -0.784. The summed E-state index contributed by atoms with van der Waals surface area (Å²) in [6.07, 6.45) is 5.41. The molecule has 6 N–H and O–H groups in total. The molecule has 0 spiro atoms. The third-order valence-electron chi connectivity index (χ3n) is 2.19. The molecular formula is C12H26N2O4. The van der Waals surface area contributed by atoms with Gasteiger partial charge in [0.1, 0.15) is 0 Å². The van der Waals surface area contributed by atoms with E-state index in [2.05, 4.69) is 0 Å². The summed E-state index contributed by atoms with van der Waals surface area (Å²) in [6, 6.07) is 0. The molecule has 0 rings (SSSR count). The number of carboxylic acids is 2. The fourth-order valence-electron chi connectivity index (χ4n) is 1.19. The Labute approximate surface area is 108 Å². The maximum absolute atomic E-state index is 10.0. The van der Waals surface area contributed by atoms with E-state index in [1.165, 1.54) is 0 Å². The van der Waals surface area contributed by atoms with Gasteiger partial charge in [0.15, 0.2) is 0 Å². The van der Waals surface area contributed by atoms with Crippen LogP contribution in [0.5, 0.6) is 0 Å². The van der Waals surface area contributed by atoms with E-state index >= 15 is 0 Å². The lowest BCUT2D eigenvalue weighted by Crippen LogP contribution is -2.03. The van der Waals surface area contributed by atoms with Crippen molar-refractivity contribution in [2.45, 2.75) is 51.4 Å². The average Bonchev–Trinajstić information content (AvgIpc) is 2.31. The van der Waals surface area contributed by atoms with Gasteiger partial charge in [0.2, 0.25) is 0 Å². The van der Waals surface area contributed by atoms with Gasteiger partial charge in [-0.25, -0.2) is 0 Å². The molecule has 0 atom stereocenters. The standard InChI is InChI=1S/C8H14O4.C4H12N2/c9-7(10)5-3-1-2-4-6-8(11)12;5-3-1-2-4-6/h1-6H2,(H,9,10)(H,11,12);1-6H2. The topological polar surface area (TPSA) is 127 Å². The van der Waals surface area contributed by atoms with E-state index in [-0.39, 0.29) is 12.8 Å². The minimum Gasteiger partial charge on any atom is -0.481 e. The average molecular weight is 262 g/mol. The fraction of sp³-hybridized carbons (Fsp3) is 0.833. The predicted octanol–water partition coefficient (Wildman–Crippen LogP) is 1.18. The summed E-state index contributed by atoms with van der Waals surface area (Å²) in [6.45, 7) is 1.55. The molecule has 0 heterocycles. The number of rotatable bonds is 10. The molecule has 6 nitrogen and oxygen atoms in total. The second-order valence-corrected chi connectivity index (χ2v) is 3.99. The molecule has 0 unspecified atom stereocenters. The van der Waals surface area contributed by atoms with Gasteiger partial charge in [-0.2, -0.15) is 0 Å². The van der Waals surface area contributed by atoms with Crippen molar-refractivity contribution < 1.29 is 19.8 Å². The highest BCUT2D eigenvalue weighted by Gasteiger charge is 1.98. The Bertz CT molecular complexity index is 188. The molecule has 6 heteroatoms. The van der Waals surface area contributed by atoms with E-state index in [4.69, 9.17) is 21.7 Å². The number of unbranched alkanes of at least 4 members (excludes halogenated alkanes) is 4. The van der Waals surface area contributed by atoms with Gasteiger partial charge in [-0.3, -0.25) is 9.59 Å². The zero-order valence-corrected chi connectivity index (χ0v) is 10.9. The number of carboxylic acid groups (broad SMARTS) is 2. The molecule has 0 amide bonds. The Morgan fingerprint density at radius 1 is 0.667 bits per heavy atom. The van der Waals surface area contributed by atoms with Gasteiger partial charge in [0, 0.05) is 12.8 Å². The zero-order chi connectivity index (χ0) is 14.2. The first-order valence-electron chi connectivity index (χ1n) is 6.38. The second kappa shape index (κ2) is 15.9. The molecule has 0 aromatic rings. The van der Waals surface area contributed by atoms with Crippen LogP contribution in [-0.4, -0.2) is 35.2 Å². The first-order chi connectivity index (χ1) is 8.54. The van der Waals surface area contributed by atoms with Crippen LogP contribution in [0.1, 0.15) is 51.4 Å². The van der Waals surface area contributed by atoms with Crippen LogP contribution in [0.2, 0.25) is 0 Å². The summed E-state index contributed by atoms with van der Waals surface area (Å²) in [4.78, 5) is 20.1.